The summed E-state index contributed by atoms with van der Waals surface area (Å²) in [6.45, 7) is 5.97. The van der Waals surface area contributed by atoms with Gasteiger partial charge in [-0.3, -0.25) is 19.2 Å². The van der Waals surface area contributed by atoms with Crippen molar-refractivity contribution in [3.8, 4) is 0 Å². The molecular formula is C19H28O8. The van der Waals surface area contributed by atoms with Crippen molar-refractivity contribution in [1.29, 1.82) is 0 Å². The van der Waals surface area contributed by atoms with Crippen LogP contribution in [0.4, 0.5) is 0 Å². The fraction of sp³-hybridized carbons (Fsp3) is 0.684. The van der Waals surface area contributed by atoms with Gasteiger partial charge in [0.05, 0.1) is 0 Å². The van der Waals surface area contributed by atoms with Gasteiger partial charge in [-0.25, -0.2) is 0 Å². The molecule has 1 rings (SSSR count). The molecule has 0 saturated carbocycles. The third-order valence-electron chi connectivity index (χ3n) is 6.05. The summed E-state index contributed by atoms with van der Waals surface area (Å²) in [6.07, 6.45) is 3.55. The molecule has 27 heavy (non-hydrogen) atoms. The van der Waals surface area contributed by atoms with Gasteiger partial charge in [-0.1, -0.05) is 39.8 Å². The van der Waals surface area contributed by atoms with Gasteiger partial charge in [0.1, 0.15) is 0 Å². The Labute approximate surface area is 157 Å². The Balaban J connectivity index is 3.59. The lowest BCUT2D eigenvalue weighted by molar-refractivity contribution is -0.176. The first-order valence-corrected chi connectivity index (χ1v) is 8.97. The van der Waals surface area contributed by atoms with E-state index in [-0.39, 0.29) is 12.8 Å². The van der Waals surface area contributed by atoms with Crippen molar-refractivity contribution in [2.75, 3.05) is 0 Å². The molecule has 8 heteroatoms. The van der Waals surface area contributed by atoms with Crippen molar-refractivity contribution in [3.63, 3.8) is 0 Å². The van der Waals surface area contributed by atoms with Crippen molar-refractivity contribution < 1.29 is 39.6 Å². The summed E-state index contributed by atoms with van der Waals surface area (Å²) in [7, 11) is 0. The van der Waals surface area contributed by atoms with Gasteiger partial charge in [-0.05, 0) is 37.0 Å². The average molecular weight is 384 g/mol. The molecule has 0 saturated heterocycles. The normalized spacial score (nSPS) is 21.1. The molecule has 2 atom stereocenters. The van der Waals surface area contributed by atoms with Crippen LogP contribution in [0.25, 0.3) is 0 Å². The van der Waals surface area contributed by atoms with E-state index in [1.165, 1.54) is 33.8 Å². The van der Waals surface area contributed by atoms with Crippen molar-refractivity contribution in [2.24, 2.45) is 34.5 Å². The summed E-state index contributed by atoms with van der Waals surface area (Å²) in [6, 6.07) is 0. The summed E-state index contributed by atoms with van der Waals surface area (Å²) < 4.78 is 0. The van der Waals surface area contributed by atoms with E-state index in [0.717, 1.165) is 0 Å². The zero-order valence-electron chi connectivity index (χ0n) is 16.0. The molecule has 152 valence electrons. The molecule has 1 aliphatic rings. The molecule has 0 amide bonds. The number of carboxylic acids is 4. The van der Waals surface area contributed by atoms with E-state index < -0.39 is 58.4 Å². The number of carbonyl (C=O) groups is 4. The molecule has 0 aliphatic heterocycles. The van der Waals surface area contributed by atoms with Crippen molar-refractivity contribution in [2.45, 2.75) is 47.0 Å². The van der Waals surface area contributed by atoms with Gasteiger partial charge >= 0.3 is 23.9 Å². The Bertz CT molecular complexity index is 618. The molecule has 0 heterocycles. The Morgan fingerprint density at radius 2 is 1.22 bits per heavy atom. The molecule has 4 N–H and O–H groups in total. The summed E-state index contributed by atoms with van der Waals surface area (Å²) in [5.41, 5.74) is -4.29. The number of aliphatic carboxylic acids is 4. The first kappa shape index (κ1) is 22.7. The SMILES string of the molecule is CC(C)C(C(=O)O)(C(=O)O)C1C=CCCC(C(C(=O)O)(C(=O)O)C(C)C)C1. The van der Waals surface area contributed by atoms with Gasteiger partial charge in [0.15, 0.2) is 10.8 Å². The second-order valence-corrected chi connectivity index (χ2v) is 7.81. The fourth-order valence-electron chi connectivity index (χ4n) is 4.55. The predicted molar refractivity (Wildman–Crippen MR) is 95.1 cm³/mol. The van der Waals surface area contributed by atoms with Gasteiger partial charge in [0.25, 0.3) is 0 Å². The summed E-state index contributed by atoms with van der Waals surface area (Å²) in [5.74, 6) is -9.50. The molecule has 2 unspecified atom stereocenters. The van der Waals surface area contributed by atoms with Crippen LogP contribution in [0.1, 0.15) is 47.0 Å². The number of allylic oxidation sites excluding steroid dienone is 2. The highest BCUT2D eigenvalue weighted by atomic mass is 16.4. The molecule has 0 radical (unpaired) electrons. The molecule has 0 aromatic heterocycles. The second-order valence-electron chi connectivity index (χ2n) is 7.81. The predicted octanol–water partition coefficient (Wildman–Crippen LogP) is 2.58. The van der Waals surface area contributed by atoms with Crippen LogP contribution in [-0.4, -0.2) is 44.3 Å². The lowest BCUT2D eigenvalue weighted by Crippen LogP contribution is -2.53. The lowest BCUT2D eigenvalue weighted by atomic mass is 9.59. The van der Waals surface area contributed by atoms with E-state index >= 15 is 0 Å². The number of hydrogen-bond acceptors (Lipinski definition) is 4. The zero-order chi connectivity index (χ0) is 21.2. The van der Waals surface area contributed by atoms with Crippen LogP contribution in [-0.2, 0) is 19.2 Å². The minimum absolute atomic E-state index is 0.149. The highest BCUT2D eigenvalue weighted by molar-refractivity contribution is 6.00. The van der Waals surface area contributed by atoms with E-state index in [1.54, 1.807) is 6.08 Å². The first-order chi connectivity index (χ1) is 12.4. The largest absolute Gasteiger partial charge is 0.480 e. The highest BCUT2D eigenvalue weighted by Gasteiger charge is 2.60. The van der Waals surface area contributed by atoms with Crippen LogP contribution in [0.5, 0.6) is 0 Å². The summed E-state index contributed by atoms with van der Waals surface area (Å²) in [4.78, 5) is 48.1. The molecule has 0 fully saturated rings. The van der Waals surface area contributed by atoms with Crippen LogP contribution in [0.3, 0.4) is 0 Å². The van der Waals surface area contributed by atoms with Crippen molar-refractivity contribution in [3.05, 3.63) is 12.2 Å². The van der Waals surface area contributed by atoms with E-state index in [9.17, 15) is 39.6 Å². The summed E-state index contributed by atoms with van der Waals surface area (Å²) >= 11 is 0. The van der Waals surface area contributed by atoms with Gasteiger partial charge in [-0.15, -0.1) is 0 Å². The monoisotopic (exact) mass is 384 g/mol. The third-order valence-corrected chi connectivity index (χ3v) is 6.05. The maximum atomic E-state index is 12.0. The molecule has 0 aromatic rings. The number of carboxylic acid groups (broad SMARTS) is 4. The molecular weight excluding hydrogens is 356 g/mol. The minimum atomic E-state index is -2.17. The van der Waals surface area contributed by atoms with Gasteiger partial charge < -0.3 is 20.4 Å². The van der Waals surface area contributed by atoms with E-state index in [0.29, 0.717) is 6.42 Å². The standard InChI is InChI=1S/C19H28O8/c1-10(2)18(14(20)21,15(22)23)12-7-5-6-8-13(9-12)19(11(3)4,16(24)25)17(26)27/h5,7,10-13H,6,8-9H2,1-4H3,(H,20,21)(H,22,23)(H,24,25)(H,26,27). The lowest BCUT2D eigenvalue weighted by Gasteiger charge is -2.41. The molecule has 0 bridgehead atoms. The quantitative estimate of drug-likeness (QED) is 0.368. The van der Waals surface area contributed by atoms with Crippen LogP contribution in [0, 0.1) is 34.5 Å². The molecule has 1 aliphatic carbocycles. The Morgan fingerprint density at radius 3 is 1.56 bits per heavy atom. The summed E-state index contributed by atoms with van der Waals surface area (Å²) in [5, 5.41) is 39.1. The van der Waals surface area contributed by atoms with E-state index in [2.05, 4.69) is 0 Å². The van der Waals surface area contributed by atoms with Crippen LogP contribution >= 0.6 is 0 Å². The second kappa shape index (κ2) is 8.10. The van der Waals surface area contributed by atoms with Gasteiger partial charge in [0.2, 0.25) is 0 Å². The Hall–Kier alpha value is -2.38. The fourth-order valence-corrected chi connectivity index (χ4v) is 4.55. The van der Waals surface area contributed by atoms with Gasteiger partial charge in [0, 0.05) is 5.92 Å². The van der Waals surface area contributed by atoms with E-state index in [4.69, 9.17) is 0 Å². The van der Waals surface area contributed by atoms with Crippen molar-refractivity contribution >= 4 is 23.9 Å². The minimum Gasteiger partial charge on any atom is -0.480 e. The number of hydrogen-bond donors (Lipinski definition) is 4. The number of rotatable bonds is 8. The van der Waals surface area contributed by atoms with Gasteiger partial charge in [-0.2, -0.15) is 0 Å². The first-order valence-electron chi connectivity index (χ1n) is 8.97. The zero-order valence-corrected chi connectivity index (χ0v) is 16.0. The molecule has 0 spiro atoms. The highest BCUT2D eigenvalue weighted by Crippen LogP contribution is 2.49. The smallest absolute Gasteiger partial charge is 0.321 e. The van der Waals surface area contributed by atoms with Crippen LogP contribution < -0.4 is 0 Å². The average Bonchev–Trinajstić information content (AvgIpc) is 2.72. The van der Waals surface area contributed by atoms with Crippen molar-refractivity contribution in [1.82, 2.24) is 0 Å². The van der Waals surface area contributed by atoms with E-state index in [1.807, 2.05) is 0 Å². The molecule has 0 aromatic carbocycles. The van der Waals surface area contributed by atoms with Crippen LogP contribution in [0.2, 0.25) is 0 Å². The third kappa shape index (κ3) is 3.44. The van der Waals surface area contributed by atoms with Crippen LogP contribution in [0.15, 0.2) is 12.2 Å². The maximum absolute atomic E-state index is 12.0. The Morgan fingerprint density at radius 1 is 0.815 bits per heavy atom. The molecule has 8 nitrogen and oxygen atoms in total. The maximum Gasteiger partial charge on any atom is 0.321 e. The topological polar surface area (TPSA) is 149 Å². The Kier molecular flexibility index (Phi) is 6.80.